The average Bonchev–Trinajstić information content (AvgIpc) is 3.12. The molecular formula is C18H24N6O6. The van der Waals surface area contributed by atoms with E-state index in [2.05, 4.69) is 9.98 Å². The van der Waals surface area contributed by atoms with E-state index in [1.807, 2.05) is 0 Å². The quantitative estimate of drug-likeness (QED) is 0.343. The Balaban J connectivity index is 1.83. The first-order valence-electron chi connectivity index (χ1n) is 9.28. The number of hydroxylamine groups is 2. The molecule has 1 fully saturated rings. The van der Waals surface area contributed by atoms with E-state index >= 15 is 0 Å². The summed E-state index contributed by atoms with van der Waals surface area (Å²) in [6.07, 6.45) is -2.45. The van der Waals surface area contributed by atoms with Crippen LogP contribution in [0.3, 0.4) is 0 Å². The van der Waals surface area contributed by atoms with Crippen LogP contribution in [-0.4, -0.2) is 92.7 Å². The zero-order valence-electron chi connectivity index (χ0n) is 16.4. The van der Waals surface area contributed by atoms with E-state index < -0.39 is 48.3 Å². The van der Waals surface area contributed by atoms with E-state index in [0.717, 1.165) is 0 Å². The van der Waals surface area contributed by atoms with E-state index in [1.54, 1.807) is 30.3 Å². The zero-order valence-corrected chi connectivity index (χ0v) is 16.4. The Labute approximate surface area is 172 Å². The van der Waals surface area contributed by atoms with Crippen LogP contribution in [0.5, 0.6) is 0 Å². The van der Waals surface area contributed by atoms with Crippen LogP contribution < -0.4 is 11.5 Å². The summed E-state index contributed by atoms with van der Waals surface area (Å²) in [6, 6.07) is 6.30. The lowest BCUT2D eigenvalue weighted by Gasteiger charge is -2.51. The van der Waals surface area contributed by atoms with Crippen LogP contribution in [0.4, 0.5) is 0 Å². The predicted octanol–water partition coefficient (Wildman–Crippen LogP) is -1.98. The number of aliphatic imine (C=N–C) groups is 2. The van der Waals surface area contributed by atoms with Crippen LogP contribution in [-0.2, 0) is 9.47 Å². The number of esters is 1. The first-order chi connectivity index (χ1) is 14.2. The first kappa shape index (κ1) is 20.3. The lowest BCUT2D eigenvalue weighted by molar-refractivity contribution is -0.230. The van der Waals surface area contributed by atoms with E-state index in [1.165, 1.54) is 18.9 Å². The number of rotatable bonds is 4. The number of carbonyl (C=O) groups is 1. The molecule has 3 heterocycles. The number of guanidine groups is 2. The van der Waals surface area contributed by atoms with Gasteiger partial charge in [-0.15, -0.1) is 0 Å². The van der Waals surface area contributed by atoms with E-state index in [0.29, 0.717) is 5.06 Å². The molecule has 162 valence electrons. The van der Waals surface area contributed by atoms with Crippen molar-refractivity contribution >= 4 is 17.9 Å². The molecule has 12 heteroatoms. The maximum absolute atomic E-state index is 12.8. The number of methoxy groups -OCH3 is 1. The highest BCUT2D eigenvalue weighted by molar-refractivity contribution is 5.90. The topological polar surface area (TPSA) is 179 Å². The number of aliphatic hydroxyl groups is 2. The highest BCUT2D eigenvalue weighted by atomic mass is 16.6. The molecular weight excluding hydrogens is 396 g/mol. The molecule has 3 unspecified atom stereocenters. The van der Waals surface area contributed by atoms with Crippen LogP contribution in [0, 0.1) is 0 Å². The molecule has 12 nitrogen and oxygen atoms in total. The van der Waals surface area contributed by atoms with Crippen LogP contribution in [0.1, 0.15) is 17.3 Å². The Bertz CT molecular complexity index is 908. The molecule has 0 radical (unpaired) electrons. The summed E-state index contributed by atoms with van der Waals surface area (Å²) >= 11 is 0. The summed E-state index contributed by atoms with van der Waals surface area (Å²) in [5, 5.41) is 33.0. The summed E-state index contributed by atoms with van der Waals surface area (Å²) in [7, 11) is 1.34. The number of nitrogens with zero attached hydrogens (tertiary/aromatic N) is 4. The van der Waals surface area contributed by atoms with Gasteiger partial charge in [-0.05, 0) is 19.1 Å². The number of benzene rings is 1. The van der Waals surface area contributed by atoms with E-state index in [-0.39, 0.29) is 17.5 Å². The highest BCUT2D eigenvalue weighted by Gasteiger charge is 2.79. The third kappa shape index (κ3) is 2.38. The minimum atomic E-state index is -2.00. The van der Waals surface area contributed by atoms with Crippen LogP contribution in [0.15, 0.2) is 40.3 Å². The monoisotopic (exact) mass is 420 g/mol. The van der Waals surface area contributed by atoms with Crippen molar-refractivity contribution in [1.82, 2.24) is 9.96 Å². The minimum Gasteiger partial charge on any atom is -0.451 e. The number of carbonyl (C=O) groups excluding carboxylic acids is 1. The number of hydrogen-bond donors (Lipinski definition) is 5. The molecule has 7 N–H and O–H groups in total. The molecule has 6 atom stereocenters. The van der Waals surface area contributed by atoms with Crippen molar-refractivity contribution in [3.05, 3.63) is 35.9 Å². The van der Waals surface area contributed by atoms with Crippen molar-refractivity contribution in [3.8, 4) is 0 Å². The smallest absolute Gasteiger partial charge is 0.338 e. The number of ether oxygens (including phenoxy) is 2. The number of nitrogens with two attached hydrogens (primary N) is 2. The summed E-state index contributed by atoms with van der Waals surface area (Å²) < 4.78 is 11.2. The van der Waals surface area contributed by atoms with Crippen molar-refractivity contribution in [2.24, 2.45) is 21.5 Å². The normalized spacial score (nSPS) is 37.4. The van der Waals surface area contributed by atoms with Gasteiger partial charge in [-0.2, -0.15) is 5.06 Å². The van der Waals surface area contributed by atoms with Gasteiger partial charge in [0.15, 0.2) is 18.3 Å². The van der Waals surface area contributed by atoms with Crippen molar-refractivity contribution in [1.29, 1.82) is 0 Å². The predicted molar refractivity (Wildman–Crippen MR) is 103 cm³/mol. The highest BCUT2D eigenvalue weighted by Crippen LogP contribution is 2.53. The third-order valence-electron chi connectivity index (χ3n) is 5.98. The van der Waals surface area contributed by atoms with Crippen LogP contribution >= 0.6 is 0 Å². The third-order valence-corrected chi connectivity index (χ3v) is 5.98. The van der Waals surface area contributed by atoms with Gasteiger partial charge in [0.2, 0.25) is 11.6 Å². The van der Waals surface area contributed by atoms with Gasteiger partial charge in [-0.3, -0.25) is 10.1 Å². The molecule has 3 aliphatic rings. The second-order valence-corrected chi connectivity index (χ2v) is 7.54. The molecule has 1 saturated heterocycles. The van der Waals surface area contributed by atoms with E-state index in [9.17, 15) is 20.2 Å². The Morgan fingerprint density at radius 1 is 1.23 bits per heavy atom. The lowest BCUT2D eigenvalue weighted by atomic mass is 9.79. The summed E-state index contributed by atoms with van der Waals surface area (Å²) in [5.41, 5.74) is 8.44. The van der Waals surface area contributed by atoms with Gasteiger partial charge in [0.25, 0.3) is 0 Å². The molecule has 0 aliphatic carbocycles. The van der Waals surface area contributed by atoms with Gasteiger partial charge in [0, 0.05) is 7.11 Å². The van der Waals surface area contributed by atoms with E-state index in [4.69, 9.17) is 20.9 Å². The molecule has 1 spiro atoms. The van der Waals surface area contributed by atoms with Crippen LogP contribution in [0.2, 0.25) is 0 Å². The average molecular weight is 420 g/mol. The van der Waals surface area contributed by atoms with Gasteiger partial charge in [0.05, 0.1) is 12.2 Å². The number of hydrogen-bond acceptors (Lipinski definition) is 12. The Hall–Kier alpha value is -2.93. The molecule has 1 aromatic rings. The zero-order chi connectivity index (χ0) is 21.8. The fraction of sp³-hybridized carbons (Fsp3) is 0.500. The lowest BCUT2D eigenvalue weighted by Crippen LogP contribution is -2.77. The van der Waals surface area contributed by atoms with Gasteiger partial charge in [0.1, 0.15) is 17.7 Å². The van der Waals surface area contributed by atoms with Crippen LogP contribution in [0.25, 0.3) is 0 Å². The second-order valence-electron chi connectivity index (χ2n) is 7.54. The van der Waals surface area contributed by atoms with Gasteiger partial charge in [-0.25, -0.2) is 14.8 Å². The molecule has 4 rings (SSSR count). The van der Waals surface area contributed by atoms with Gasteiger partial charge in [-0.1, -0.05) is 18.2 Å². The molecule has 0 aromatic heterocycles. The van der Waals surface area contributed by atoms with Crippen molar-refractivity contribution in [2.45, 2.75) is 42.6 Å². The maximum Gasteiger partial charge on any atom is 0.338 e. The molecule has 0 bridgehead atoms. The Morgan fingerprint density at radius 2 is 1.90 bits per heavy atom. The molecule has 3 aliphatic heterocycles. The Kier molecular flexibility index (Phi) is 4.62. The molecule has 1 aromatic carbocycles. The second kappa shape index (κ2) is 6.80. The standard InChI is InChI=1S/C18H24N6O6/c1-17(27)12(30-14(26)9-6-4-3-5-7-9)13(29-2)23-15(19)21-10(8-25)11-18(17,23)24(28)16(20)22-11/h3-7,10-13,25,27-28H,8H2,1-2H3,(H2,19,21)(H2,20,22)/t10-,11?,12-,13?,17-,18?/m0/s1. The van der Waals surface area contributed by atoms with Crippen molar-refractivity contribution in [2.75, 3.05) is 13.7 Å². The summed E-state index contributed by atoms with van der Waals surface area (Å²) in [4.78, 5) is 22.5. The number of aliphatic hydroxyl groups excluding tert-OH is 1. The molecule has 30 heavy (non-hydrogen) atoms. The fourth-order valence-corrected chi connectivity index (χ4v) is 4.67. The largest absolute Gasteiger partial charge is 0.451 e. The van der Waals surface area contributed by atoms with Crippen molar-refractivity contribution < 1.29 is 29.7 Å². The van der Waals surface area contributed by atoms with Gasteiger partial charge < -0.3 is 31.2 Å². The van der Waals surface area contributed by atoms with Crippen molar-refractivity contribution in [3.63, 3.8) is 0 Å². The molecule has 0 saturated carbocycles. The Morgan fingerprint density at radius 3 is 2.50 bits per heavy atom. The maximum atomic E-state index is 12.8. The summed E-state index contributed by atoms with van der Waals surface area (Å²) in [6.45, 7) is 0.896. The minimum absolute atomic E-state index is 0.139. The SMILES string of the molecule is COC1[C@H](OC(=O)c2ccccc2)[C@](C)(O)C23C(N=C(N)N2O)[C@H](CO)N=C(N)N13. The summed E-state index contributed by atoms with van der Waals surface area (Å²) in [5.74, 6) is -1.15. The van der Waals surface area contributed by atoms with Gasteiger partial charge >= 0.3 is 5.97 Å². The molecule has 0 amide bonds. The first-order valence-corrected chi connectivity index (χ1v) is 9.28. The fourth-order valence-electron chi connectivity index (χ4n) is 4.67.